The number of oxazole rings is 1. The molecular formula is C14H11N3O2. The highest BCUT2D eigenvalue weighted by molar-refractivity contribution is 6.00. The van der Waals surface area contributed by atoms with Gasteiger partial charge in [-0.05, 0) is 24.3 Å². The van der Waals surface area contributed by atoms with Crippen LogP contribution in [0.2, 0.25) is 0 Å². The van der Waals surface area contributed by atoms with Crippen molar-refractivity contribution in [2.24, 2.45) is 0 Å². The lowest BCUT2D eigenvalue weighted by molar-refractivity contribution is 0.262. The van der Waals surface area contributed by atoms with Crippen molar-refractivity contribution in [1.29, 1.82) is 0 Å². The molecule has 19 heavy (non-hydrogen) atoms. The number of nitrogens with zero attached hydrogens (tertiary/aromatic N) is 1. The maximum Gasteiger partial charge on any atom is 0.323 e. The van der Waals surface area contributed by atoms with E-state index >= 15 is 0 Å². The van der Waals surface area contributed by atoms with Crippen molar-refractivity contribution in [2.75, 3.05) is 10.6 Å². The van der Waals surface area contributed by atoms with Gasteiger partial charge in [-0.2, -0.15) is 0 Å². The molecule has 3 rings (SSSR count). The smallest absolute Gasteiger partial charge is 0.323 e. The van der Waals surface area contributed by atoms with Crippen LogP contribution in [0.15, 0.2) is 59.3 Å². The monoisotopic (exact) mass is 253 g/mol. The van der Waals surface area contributed by atoms with Crippen molar-refractivity contribution in [3.05, 3.63) is 54.9 Å². The van der Waals surface area contributed by atoms with Crippen molar-refractivity contribution >= 4 is 28.5 Å². The van der Waals surface area contributed by atoms with E-state index in [0.29, 0.717) is 11.3 Å². The van der Waals surface area contributed by atoms with Crippen molar-refractivity contribution in [2.45, 2.75) is 0 Å². The maximum atomic E-state index is 11.8. The number of hydrogen-bond donors (Lipinski definition) is 2. The fraction of sp³-hybridized carbons (Fsp3) is 0. The van der Waals surface area contributed by atoms with Crippen LogP contribution in [0.1, 0.15) is 0 Å². The third kappa shape index (κ3) is 2.55. The second kappa shape index (κ2) is 4.81. The molecule has 5 heteroatoms. The van der Waals surface area contributed by atoms with E-state index in [2.05, 4.69) is 15.6 Å². The Labute approximate surface area is 109 Å². The number of amides is 2. The van der Waals surface area contributed by atoms with Crippen LogP contribution in [-0.2, 0) is 0 Å². The number of urea groups is 1. The van der Waals surface area contributed by atoms with E-state index in [9.17, 15) is 4.79 Å². The zero-order valence-electron chi connectivity index (χ0n) is 9.96. The molecule has 0 bridgehead atoms. The quantitative estimate of drug-likeness (QED) is 0.734. The normalized spacial score (nSPS) is 10.3. The van der Waals surface area contributed by atoms with Gasteiger partial charge in [0.2, 0.25) is 0 Å². The molecule has 94 valence electrons. The van der Waals surface area contributed by atoms with Crippen molar-refractivity contribution < 1.29 is 9.21 Å². The molecule has 0 aliphatic heterocycles. The van der Waals surface area contributed by atoms with Crippen LogP contribution < -0.4 is 10.6 Å². The first-order valence-corrected chi connectivity index (χ1v) is 5.77. The predicted molar refractivity (Wildman–Crippen MR) is 73.1 cm³/mol. The lowest BCUT2D eigenvalue weighted by Gasteiger charge is -2.07. The van der Waals surface area contributed by atoms with E-state index in [1.54, 1.807) is 18.2 Å². The van der Waals surface area contributed by atoms with Gasteiger partial charge in [-0.25, -0.2) is 9.78 Å². The van der Waals surface area contributed by atoms with Gasteiger partial charge in [-0.15, -0.1) is 0 Å². The first kappa shape index (κ1) is 11.3. The topological polar surface area (TPSA) is 67.2 Å². The minimum atomic E-state index is -0.301. The first-order chi connectivity index (χ1) is 9.31. The van der Waals surface area contributed by atoms with Gasteiger partial charge in [0.05, 0.1) is 0 Å². The SMILES string of the molecule is O=C(Nc1ccccc1)Nc1ccc2ncoc2c1. The summed E-state index contributed by atoms with van der Waals surface area (Å²) in [6.45, 7) is 0. The number of para-hydroxylation sites is 1. The van der Waals surface area contributed by atoms with Crippen LogP contribution in [0.4, 0.5) is 16.2 Å². The Morgan fingerprint density at radius 1 is 1.00 bits per heavy atom. The molecule has 3 aromatic rings. The van der Waals surface area contributed by atoms with Gasteiger partial charge in [0.15, 0.2) is 12.0 Å². The van der Waals surface area contributed by atoms with Gasteiger partial charge in [0.25, 0.3) is 0 Å². The predicted octanol–water partition coefficient (Wildman–Crippen LogP) is 3.47. The third-order valence-corrected chi connectivity index (χ3v) is 2.62. The van der Waals surface area contributed by atoms with Crippen LogP contribution in [0.3, 0.4) is 0 Å². The Bertz CT molecular complexity index is 707. The number of carbonyl (C=O) groups excluding carboxylic acids is 1. The zero-order chi connectivity index (χ0) is 13.1. The molecule has 0 saturated carbocycles. The van der Waals surface area contributed by atoms with Crippen LogP contribution in [0.25, 0.3) is 11.1 Å². The van der Waals surface area contributed by atoms with Gasteiger partial charge < -0.3 is 15.1 Å². The summed E-state index contributed by atoms with van der Waals surface area (Å²) in [7, 11) is 0. The number of nitrogens with one attached hydrogen (secondary N) is 2. The fourth-order valence-electron chi connectivity index (χ4n) is 1.75. The Kier molecular flexibility index (Phi) is 2.86. The average Bonchev–Trinajstić information content (AvgIpc) is 2.87. The zero-order valence-corrected chi connectivity index (χ0v) is 9.96. The molecule has 0 atom stereocenters. The van der Waals surface area contributed by atoms with E-state index < -0.39 is 0 Å². The molecule has 5 nitrogen and oxygen atoms in total. The first-order valence-electron chi connectivity index (χ1n) is 5.77. The molecule has 2 aromatic carbocycles. The van der Waals surface area contributed by atoms with Crippen LogP contribution >= 0.6 is 0 Å². The number of aromatic nitrogens is 1. The van der Waals surface area contributed by atoms with Crippen LogP contribution in [0, 0.1) is 0 Å². The number of rotatable bonds is 2. The number of anilines is 2. The van der Waals surface area contributed by atoms with Crippen LogP contribution in [-0.4, -0.2) is 11.0 Å². The van der Waals surface area contributed by atoms with E-state index in [4.69, 9.17) is 4.42 Å². The molecule has 0 aliphatic rings. The van der Waals surface area contributed by atoms with E-state index in [-0.39, 0.29) is 6.03 Å². The average molecular weight is 253 g/mol. The molecule has 2 N–H and O–H groups in total. The third-order valence-electron chi connectivity index (χ3n) is 2.62. The minimum Gasteiger partial charge on any atom is -0.443 e. The molecule has 1 aromatic heterocycles. The molecule has 0 spiro atoms. The molecule has 2 amide bonds. The van der Waals surface area contributed by atoms with E-state index in [1.165, 1.54) is 6.39 Å². The standard InChI is InChI=1S/C14H11N3O2/c18-14(16-10-4-2-1-3-5-10)17-11-6-7-12-13(8-11)19-9-15-12/h1-9H,(H2,16,17,18). The Balaban J connectivity index is 1.72. The second-order valence-corrected chi connectivity index (χ2v) is 3.98. The van der Waals surface area contributed by atoms with E-state index in [0.717, 1.165) is 11.2 Å². The lowest BCUT2D eigenvalue weighted by Crippen LogP contribution is -2.19. The number of hydrogen-bond acceptors (Lipinski definition) is 3. The highest BCUT2D eigenvalue weighted by Crippen LogP contribution is 2.18. The largest absolute Gasteiger partial charge is 0.443 e. The van der Waals surface area contributed by atoms with Crippen molar-refractivity contribution in [3.63, 3.8) is 0 Å². The Morgan fingerprint density at radius 2 is 1.79 bits per heavy atom. The number of benzene rings is 2. The molecule has 0 saturated heterocycles. The molecule has 0 radical (unpaired) electrons. The Hall–Kier alpha value is -2.82. The fourth-order valence-corrected chi connectivity index (χ4v) is 1.75. The van der Waals surface area contributed by atoms with Gasteiger partial charge in [-0.3, -0.25) is 0 Å². The summed E-state index contributed by atoms with van der Waals surface area (Å²) in [5, 5.41) is 5.47. The summed E-state index contributed by atoms with van der Waals surface area (Å²) in [6, 6.07) is 14.2. The summed E-state index contributed by atoms with van der Waals surface area (Å²) in [5.41, 5.74) is 2.78. The van der Waals surface area contributed by atoms with Gasteiger partial charge in [-0.1, -0.05) is 18.2 Å². The minimum absolute atomic E-state index is 0.301. The summed E-state index contributed by atoms with van der Waals surface area (Å²) in [6.07, 6.45) is 1.37. The summed E-state index contributed by atoms with van der Waals surface area (Å²) in [5.74, 6) is 0. The lowest BCUT2D eigenvalue weighted by atomic mass is 10.3. The van der Waals surface area contributed by atoms with Gasteiger partial charge in [0.1, 0.15) is 5.52 Å². The van der Waals surface area contributed by atoms with Crippen molar-refractivity contribution in [1.82, 2.24) is 4.98 Å². The maximum absolute atomic E-state index is 11.8. The van der Waals surface area contributed by atoms with Crippen molar-refractivity contribution in [3.8, 4) is 0 Å². The van der Waals surface area contributed by atoms with Crippen LogP contribution in [0.5, 0.6) is 0 Å². The molecule has 0 fully saturated rings. The molecule has 0 unspecified atom stereocenters. The highest BCUT2D eigenvalue weighted by atomic mass is 16.3. The summed E-state index contributed by atoms with van der Waals surface area (Å²) >= 11 is 0. The van der Waals surface area contributed by atoms with E-state index in [1.807, 2.05) is 30.3 Å². The molecular weight excluding hydrogens is 242 g/mol. The van der Waals surface area contributed by atoms with Gasteiger partial charge >= 0.3 is 6.03 Å². The number of fused-ring (bicyclic) bond motifs is 1. The Morgan fingerprint density at radius 3 is 2.63 bits per heavy atom. The number of carbonyl (C=O) groups is 1. The summed E-state index contributed by atoms with van der Waals surface area (Å²) < 4.78 is 5.18. The molecule has 0 aliphatic carbocycles. The van der Waals surface area contributed by atoms with Gasteiger partial charge in [0, 0.05) is 17.4 Å². The second-order valence-electron chi connectivity index (χ2n) is 3.98. The summed E-state index contributed by atoms with van der Waals surface area (Å²) in [4.78, 5) is 15.8. The molecule has 1 heterocycles. The highest BCUT2D eigenvalue weighted by Gasteiger charge is 2.04.